The molecule has 1 aromatic heterocycles. The van der Waals surface area contributed by atoms with Crippen LogP contribution in [0, 0.1) is 0 Å². The first-order chi connectivity index (χ1) is 7.58. The zero-order valence-electron chi connectivity index (χ0n) is 9.11. The second kappa shape index (κ2) is 5.60. The Morgan fingerprint density at radius 2 is 2.25 bits per heavy atom. The highest BCUT2D eigenvalue weighted by Crippen LogP contribution is 2.24. The Labute approximate surface area is 97.0 Å². The third kappa shape index (κ3) is 3.03. The normalized spacial score (nSPS) is 11.6. The lowest BCUT2D eigenvalue weighted by Crippen LogP contribution is -2.21. The van der Waals surface area contributed by atoms with Crippen molar-refractivity contribution in [1.29, 1.82) is 0 Å². The number of carboxylic acids is 1. The lowest BCUT2D eigenvalue weighted by molar-refractivity contribution is -0.134. The molecule has 0 aliphatic carbocycles. The zero-order valence-corrected chi connectivity index (χ0v) is 9.92. The maximum absolute atomic E-state index is 12.8. The largest absolute Gasteiger partial charge is 0.476 e. The molecule has 1 rings (SSSR count). The van der Waals surface area contributed by atoms with E-state index in [1.54, 1.807) is 0 Å². The molecule has 0 bridgehead atoms. The van der Waals surface area contributed by atoms with Gasteiger partial charge in [-0.05, 0) is 13.8 Å². The van der Waals surface area contributed by atoms with Crippen LogP contribution < -0.4 is 4.90 Å². The Morgan fingerprint density at radius 3 is 2.75 bits per heavy atom. The molecule has 0 fully saturated rings. The van der Waals surface area contributed by atoms with E-state index >= 15 is 0 Å². The van der Waals surface area contributed by atoms with Crippen LogP contribution >= 0.6 is 11.3 Å². The average molecular weight is 244 g/mol. The minimum Gasteiger partial charge on any atom is -0.476 e. The molecule has 0 radical (unpaired) electrons. The highest BCUT2D eigenvalue weighted by atomic mass is 32.1. The first-order valence-electron chi connectivity index (χ1n) is 4.89. The Bertz CT molecular complexity index is 399. The number of aliphatic carboxylic acids is 1. The molecule has 0 aromatic carbocycles. The summed E-state index contributed by atoms with van der Waals surface area (Å²) < 4.78 is 12.8. The number of rotatable bonds is 5. The van der Waals surface area contributed by atoms with Gasteiger partial charge in [0.05, 0.1) is 4.88 Å². The number of hydrogen-bond acceptors (Lipinski definition) is 4. The third-order valence-electron chi connectivity index (χ3n) is 2.02. The van der Waals surface area contributed by atoms with Gasteiger partial charge in [0.1, 0.15) is 0 Å². The SMILES string of the molecule is CCN(CC)c1ncc(C=C(F)C(=O)O)s1. The van der Waals surface area contributed by atoms with E-state index in [4.69, 9.17) is 5.11 Å². The van der Waals surface area contributed by atoms with Crippen molar-refractivity contribution in [2.24, 2.45) is 0 Å². The molecule has 1 aromatic rings. The van der Waals surface area contributed by atoms with Crippen molar-refractivity contribution in [2.75, 3.05) is 18.0 Å². The van der Waals surface area contributed by atoms with Crippen LogP contribution in [0.5, 0.6) is 0 Å². The molecular formula is C10H13FN2O2S. The molecule has 1 heterocycles. The zero-order chi connectivity index (χ0) is 12.1. The summed E-state index contributed by atoms with van der Waals surface area (Å²) in [6.07, 6.45) is 2.45. The van der Waals surface area contributed by atoms with E-state index in [1.807, 2.05) is 18.7 Å². The van der Waals surface area contributed by atoms with Gasteiger partial charge in [-0.15, -0.1) is 0 Å². The van der Waals surface area contributed by atoms with Crippen molar-refractivity contribution in [1.82, 2.24) is 4.98 Å². The van der Waals surface area contributed by atoms with Crippen molar-refractivity contribution in [2.45, 2.75) is 13.8 Å². The van der Waals surface area contributed by atoms with Crippen molar-refractivity contribution in [3.8, 4) is 0 Å². The van der Waals surface area contributed by atoms with Crippen LogP contribution in [0.1, 0.15) is 18.7 Å². The van der Waals surface area contributed by atoms with Gasteiger partial charge in [-0.1, -0.05) is 11.3 Å². The molecule has 0 unspecified atom stereocenters. The van der Waals surface area contributed by atoms with Gasteiger partial charge in [-0.25, -0.2) is 9.78 Å². The summed E-state index contributed by atoms with van der Waals surface area (Å²) in [5, 5.41) is 9.15. The molecule has 0 spiro atoms. The smallest absolute Gasteiger partial charge is 0.364 e. The molecule has 0 saturated heterocycles. The number of hydrogen-bond donors (Lipinski definition) is 1. The van der Waals surface area contributed by atoms with Gasteiger partial charge in [0.25, 0.3) is 0 Å². The van der Waals surface area contributed by atoms with E-state index < -0.39 is 11.8 Å². The summed E-state index contributed by atoms with van der Waals surface area (Å²) in [6, 6.07) is 0. The first-order valence-corrected chi connectivity index (χ1v) is 5.71. The summed E-state index contributed by atoms with van der Waals surface area (Å²) in [7, 11) is 0. The minimum absolute atomic E-state index is 0.502. The van der Waals surface area contributed by atoms with Crippen LogP contribution in [0.4, 0.5) is 9.52 Å². The Hall–Kier alpha value is -1.43. The van der Waals surface area contributed by atoms with Crippen LogP contribution in [0.3, 0.4) is 0 Å². The highest BCUT2D eigenvalue weighted by Gasteiger charge is 2.09. The van der Waals surface area contributed by atoms with E-state index in [9.17, 15) is 9.18 Å². The van der Waals surface area contributed by atoms with Crippen molar-refractivity contribution in [3.63, 3.8) is 0 Å². The topological polar surface area (TPSA) is 53.4 Å². The minimum atomic E-state index is -1.56. The first kappa shape index (κ1) is 12.6. The number of carbonyl (C=O) groups is 1. The maximum atomic E-state index is 12.8. The van der Waals surface area contributed by atoms with Crippen LogP contribution in [-0.4, -0.2) is 29.1 Å². The van der Waals surface area contributed by atoms with Gasteiger partial charge < -0.3 is 10.0 Å². The van der Waals surface area contributed by atoms with Crippen LogP contribution in [0.25, 0.3) is 6.08 Å². The Kier molecular flexibility index (Phi) is 4.42. The molecule has 16 heavy (non-hydrogen) atoms. The van der Waals surface area contributed by atoms with Crippen LogP contribution in [0.15, 0.2) is 12.0 Å². The van der Waals surface area contributed by atoms with Crippen LogP contribution in [-0.2, 0) is 4.79 Å². The molecule has 4 nitrogen and oxygen atoms in total. The van der Waals surface area contributed by atoms with E-state index in [0.29, 0.717) is 4.88 Å². The van der Waals surface area contributed by atoms with E-state index in [1.165, 1.54) is 17.5 Å². The fourth-order valence-corrected chi connectivity index (χ4v) is 2.14. The molecule has 0 atom stereocenters. The summed E-state index contributed by atoms with van der Waals surface area (Å²) in [4.78, 5) is 16.9. The van der Waals surface area contributed by atoms with Crippen molar-refractivity contribution < 1.29 is 14.3 Å². The molecule has 0 amide bonds. The highest BCUT2D eigenvalue weighted by molar-refractivity contribution is 7.16. The second-order valence-electron chi connectivity index (χ2n) is 3.01. The molecule has 0 aliphatic rings. The van der Waals surface area contributed by atoms with E-state index in [0.717, 1.165) is 24.3 Å². The predicted molar refractivity (Wildman–Crippen MR) is 62.4 cm³/mol. The summed E-state index contributed by atoms with van der Waals surface area (Å²) in [6.45, 7) is 5.62. The number of nitrogens with zero attached hydrogens (tertiary/aromatic N) is 2. The molecule has 1 N–H and O–H groups in total. The van der Waals surface area contributed by atoms with Crippen LogP contribution in [0.2, 0.25) is 0 Å². The van der Waals surface area contributed by atoms with Gasteiger partial charge >= 0.3 is 5.97 Å². The van der Waals surface area contributed by atoms with E-state index in [2.05, 4.69) is 4.98 Å². The molecule has 6 heteroatoms. The van der Waals surface area contributed by atoms with Gasteiger partial charge in [-0.3, -0.25) is 0 Å². The van der Waals surface area contributed by atoms with Gasteiger partial charge in [-0.2, -0.15) is 4.39 Å². The fraction of sp³-hybridized carbons (Fsp3) is 0.400. The van der Waals surface area contributed by atoms with Gasteiger partial charge in [0, 0.05) is 25.4 Å². The number of thiazole rings is 1. The fourth-order valence-electron chi connectivity index (χ4n) is 1.17. The number of carboxylic acid groups (broad SMARTS) is 1. The summed E-state index contributed by atoms with van der Waals surface area (Å²) >= 11 is 1.27. The number of anilines is 1. The van der Waals surface area contributed by atoms with Crippen molar-refractivity contribution >= 4 is 28.5 Å². The Balaban J connectivity index is 2.87. The predicted octanol–water partition coefficient (Wildman–Crippen LogP) is 2.38. The second-order valence-corrected chi connectivity index (χ2v) is 4.06. The summed E-state index contributed by atoms with van der Waals surface area (Å²) in [5.74, 6) is -2.73. The van der Waals surface area contributed by atoms with Gasteiger partial charge in [0.2, 0.25) is 5.83 Å². The van der Waals surface area contributed by atoms with Crippen molar-refractivity contribution in [3.05, 3.63) is 16.9 Å². The molecular weight excluding hydrogens is 231 g/mol. The standard InChI is InChI=1S/C10H13FN2O2S/c1-3-13(4-2)10-12-6-7(16-10)5-8(11)9(14)15/h5-6H,3-4H2,1-2H3,(H,14,15). The molecule has 88 valence electrons. The monoisotopic (exact) mass is 244 g/mol. The van der Waals surface area contributed by atoms with E-state index in [-0.39, 0.29) is 0 Å². The molecule has 0 saturated carbocycles. The lowest BCUT2D eigenvalue weighted by atomic mass is 10.4. The number of halogens is 1. The Morgan fingerprint density at radius 1 is 1.62 bits per heavy atom. The number of aromatic nitrogens is 1. The maximum Gasteiger partial charge on any atom is 0.364 e. The molecule has 0 aliphatic heterocycles. The lowest BCUT2D eigenvalue weighted by Gasteiger charge is -2.16. The quantitative estimate of drug-likeness (QED) is 0.808. The third-order valence-corrected chi connectivity index (χ3v) is 3.02. The van der Waals surface area contributed by atoms with Gasteiger partial charge in [0.15, 0.2) is 5.13 Å². The summed E-state index contributed by atoms with van der Waals surface area (Å²) in [5.41, 5.74) is 0. The average Bonchev–Trinajstić information content (AvgIpc) is 2.68.